The minimum absolute atomic E-state index is 0.192. The van der Waals surface area contributed by atoms with E-state index in [2.05, 4.69) is 42.2 Å². The van der Waals surface area contributed by atoms with Crippen LogP contribution in [0.1, 0.15) is 45.2 Å². The Hall–Kier alpha value is -1.36. The van der Waals surface area contributed by atoms with Crippen LogP contribution in [0.3, 0.4) is 0 Å². The summed E-state index contributed by atoms with van der Waals surface area (Å²) in [6.45, 7) is 6.24. The van der Waals surface area contributed by atoms with E-state index in [9.17, 15) is 0 Å². The van der Waals surface area contributed by atoms with Gasteiger partial charge in [-0.05, 0) is 42.2 Å². The highest BCUT2D eigenvalue weighted by atomic mass is 16.6. The first kappa shape index (κ1) is 14.1. The summed E-state index contributed by atoms with van der Waals surface area (Å²) in [6, 6.07) is 0. The molecule has 2 heterocycles. The second-order valence-electron chi connectivity index (χ2n) is 5.11. The molecule has 0 radical (unpaired) electrons. The van der Waals surface area contributed by atoms with Crippen molar-refractivity contribution in [1.29, 1.82) is 0 Å². The van der Waals surface area contributed by atoms with Gasteiger partial charge in [0.05, 0.1) is 0 Å². The highest BCUT2D eigenvalue weighted by molar-refractivity contribution is 5.67. The molecule has 0 saturated carbocycles. The van der Waals surface area contributed by atoms with E-state index in [4.69, 9.17) is 9.37 Å². The van der Waals surface area contributed by atoms with Crippen LogP contribution < -0.4 is 4.74 Å². The monoisotopic (exact) mass is 265 g/mol. The molecule has 1 aromatic heterocycles. The molecule has 0 aromatic carbocycles. The van der Waals surface area contributed by atoms with Crippen LogP contribution in [0.25, 0.3) is 5.57 Å². The number of hydrogen-bond donors (Lipinski definition) is 0. The third-order valence-electron chi connectivity index (χ3n) is 3.45. The Labute approximate surface area is 114 Å². The SMILES string of the molecule is CCCC(CC)Oc1nonc1C1=CCCN(C)C1. The molecule has 1 aromatic rings. The van der Waals surface area contributed by atoms with Gasteiger partial charge in [-0.1, -0.05) is 26.3 Å². The van der Waals surface area contributed by atoms with Crippen molar-refractivity contribution in [2.75, 3.05) is 20.1 Å². The fourth-order valence-corrected chi connectivity index (χ4v) is 2.35. The lowest BCUT2D eigenvalue weighted by Crippen LogP contribution is -2.25. The van der Waals surface area contributed by atoms with Crippen LogP contribution in [0.2, 0.25) is 0 Å². The molecule has 0 fully saturated rings. The molecule has 0 spiro atoms. The zero-order chi connectivity index (χ0) is 13.7. The van der Waals surface area contributed by atoms with Gasteiger partial charge in [0.2, 0.25) is 0 Å². The molecular formula is C14H23N3O2. The van der Waals surface area contributed by atoms with Crippen molar-refractivity contribution in [2.24, 2.45) is 0 Å². The van der Waals surface area contributed by atoms with E-state index in [1.807, 2.05) is 0 Å². The summed E-state index contributed by atoms with van der Waals surface area (Å²) in [4.78, 5) is 2.26. The first-order valence-electron chi connectivity index (χ1n) is 7.11. The predicted octanol–water partition coefficient (Wildman–Crippen LogP) is 2.75. The molecule has 1 aliphatic rings. The van der Waals surface area contributed by atoms with Crippen molar-refractivity contribution in [2.45, 2.75) is 45.6 Å². The van der Waals surface area contributed by atoms with Crippen molar-refractivity contribution in [1.82, 2.24) is 15.2 Å². The van der Waals surface area contributed by atoms with Crippen molar-refractivity contribution in [3.63, 3.8) is 0 Å². The molecule has 0 N–H and O–H groups in total. The van der Waals surface area contributed by atoms with Crippen LogP contribution in [0, 0.1) is 0 Å². The molecule has 5 nitrogen and oxygen atoms in total. The van der Waals surface area contributed by atoms with Crippen LogP contribution in [-0.4, -0.2) is 41.5 Å². The summed E-state index contributed by atoms with van der Waals surface area (Å²) in [6.07, 6.45) is 6.53. The average Bonchev–Trinajstić information content (AvgIpc) is 2.86. The van der Waals surface area contributed by atoms with E-state index in [1.54, 1.807) is 0 Å². The maximum absolute atomic E-state index is 5.94. The van der Waals surface area contributed by atoms with Gasteiger partial charge >= 0.3 is 0 Å². The topological polar surface area (TPSA) is 51.4 Å². The smallest absolute Gasteiger partial charge is 0.283 e. The summed E-state index contributed by atoms with van der Waals surface area (Å²) < 4.78 is 10.8. The van der Waals surface area contributed by atoms with Gasteiger partial charge in [0.1, 0.15) is 6.10 Å². The second kappa shape index (κ2) is 6.70. The molecule has 1 aliphatic heterocycles. The van der Waals surface area contributed by atoms with Crippen molar-refractivity contribution < 1.29 is 9.37 Å². The number of rotatable bonds is 6. The molecule has 1 atom stereocenters. The Morgan fingerprint density at radius 2 is 2.26 bits per heavy atom. The molecular weight excluding hydrogens is 242 g/mol. The first-order chi connectivity index (χ1) is 9.24. The standard InChI is InChI=1S/C14H23N3O2/c1-4-7-12(5-2)18-14-13(15-19-16-14)11-8-6-9-17(3)10-11/h8,12H,4-7,9-10H2,1-3H3. The summed E-state index contributed by atoms with van der Waals surface area (Å²) in [5, 5.41) is 7.93. The predicted molar refractivity (Wildman–Crippen MR) is 74.0 cm³/mol. The van der Waals surface area contributed by atoms with Gasteiger partial charge in [0.15, 0.2) is 5.69 Å². The van der Waals surface area contributed by atoms with Crippen LogP contribution in [0.4, 0.5) is 0 Å². The number of likely N-dealkylation sites (N-methyl/N-ethyl adjacent to an activating group) is 1. The Balaban J connectivity index is 2.11. The second-order valence-corrected chi connectivity index (χ2v) is 5.11. The first-order valence-corrected chi connectivity index (χ1v) is 7.11. The van der Waals surface area contributed by atoms with Gasteiger partial charge in [-0.2, -0.15) is 0 Å². The number of nitrogens with zero attached hydrogens (tertiary/aromatic N) is 3. The summed E-state index contributed by atoms with van der Waals surface area (Å²) in [5.41, 5.74) is 1.91. The van der Waals surface area contributed by atoms with E-state index in [1.165, 1.54) is 0 Å². The Bertz CT molecular complexity index is 428. The maximum atomic E-state index is 5.94. The third-order valence-corrected chi connectivity index (χ3v) is 3.45. The fourth-order valence-electron chi connectivity index (χ4n) is 2.35. The largest absolute Gasteiger partial charge is 0.471 e. The molecule has 2 rings (SSSR count). The quantitative estimate of drug-likeness (QED) is 0.791. The molecule has 106 valence electrons. The minimum atomic E-state index is 0.192. The molecule has 19 heavy (non-hydrogen) atoms. The Kier molecular flexibility index (Phi) is 4.96. The van der Waals surface area contributed by atoms with Crippen molar-refractivity contribution in [3.8, 4) is 5.88 Å². The molecule has 1 unspecified atom stereocenters. The molecule has 5 heteroatoms. The van der Waals surface area contributed by atoms with Crippen LogP contribution in [-0.2, 0) is 0 Å². The van der Waals surface area contributed by atoms with Gasteiger partial charge in [-0.3, -0.25) is 0 Å². The number of hydrogen-bond acceptors (Lipinski definition) is 5. The van der Waals surface area contributed by atoms with Crippen LogP contribution in [0.15, 0.2) is 10.7 Å². The zero-order valence-electron chi connectivity index (χ0n) is 12.1. The Morgan fingerprint density at radius 1 is 1.42 bits per heavy atom. The van der Waals surface area contributed by atoms with E-state index in [-0.39, 0.29) is 6.10 Å². The summed E-state index contributed by atoms with van der Waals surface area (Å²) in [7, 11) is 2.10. The normalized spacial score (nSPS) is 18.2. The van der Waals surface area contributed by atoms with Gasteiger partial charge in [-0.25, -0.2) is 4.63 Å². The highest BCUT2D eigenvalue weighted by Crippen LogP contribution is 2.27. The highest BCUT2D eigenvalue weighted by Gasteiger charge is 2.21. The number of ether oxygens (including phenoxy) is 1. The third kappa shape index (κ3) is 3.56. The molecule has 0 amide bonds. The van der Waals surface area contributed by atoms with E-state index in [0.717, 1.165) is 50.0 Å². The van der Waals surface area contributed by atoms with Gasteiger partial charge in [-0.15, -0.1) is 0 Å². The van der Waals surface area contributed by atoms with Gasteiger partial charge in [0.25, 0.3) is 5.88 Å². The lowest BCUT2D eigenvalue weighted by molar-refractivity contribution is 0.165. The van der Waals surface area contributed by atoms with Crippen LogP contribution in [0.5, 0.6) is 5.88 Å². The molecule has 0 bridgehead atoms. The van der Waals surface area contributed by atoms with Crippen LogP contribution >= 0.6 is 0 Å². The maximum Gasteiger partial charge on any atom is 0.283 e. The minimum Gasteiger partial charge on any atom is -0.471 e. The molecule has 0 aliphatic carbocycles. The summed E-state index contributed by atoms with van der Waals surface area (Å²) >= 11 is 0. The fraction of sp³-hybridized carbons (Fsp3) is 0.714. The van der Waals surface area contributed by atoms with Crippen molar-refractivity contribution >= 4 is 5.57 Å². The zero-order valence-corrected chi connectivity index (χ0v) is 12.1. The van der Waals surface area contributed by atoms with Gasteiger partial charge in [0, 0.05) is 13.1 Å². The lowest BCUT2D eigenvalue weighted by atomic mass is 10.1. The van der Waals surface area contributed by atoms with E-state index in [0.29, 0.717) is 5.88 Å². The molecule has 0 saturated heterocycles. The Morgan fingerprint density at radius 3 is 2.95 bits per heavy atom. The summed E-state index contributed by atoms with van der Waals surface area (Å²) in [5.74, 6) is 0.543. The van der Waals surface area contributed by atoms with Gasteiger partial charge < -0.3 is 9.64 Å². The average molecular weight is 265 g/mol. The van der Waals surface area contributed by atoms with E-state index < -0.39 is 0 Å². The lowest BCUT2D eigenvalue weighted by Gasteiger charge is -2.22. The van der Waals surface area contributed by atoms with Crippen molar-refractivity contribution in [3.05, 3.63) is 11.8 Å². The van der Waals surface area contributed by atoms with E-state index >= 15 is 0 Å². The number of aromatic nitrogens is 2.